The summed E-state index contributed by atoms with van der Waals surface area (Å²) in [6, 6.07) is 0. The van der Waals surface area contributed by atoms with Crippen LogP contribution >= 0.6 is 11.8 Å². The third-order valence-electron chi connectivity index (χ3n) is 7.22. The second kappa shape index (κ2) is 9.29. The SMILES string of the molecule is CC(CCC(C)(C)C1=C(C(C)(C)C)C=CSC1)C1CCCOCC1C(C)(C)C. The molecule has 28 heavy (non-hydrogen) atoms. The third kappa shape index (κ3) is 6.14. The fourth-order valence-corrected chi connectivity index (χ4v) is 6.21. The van der Waals surface area contributed by atoms with Gasteiger partial charge in [-0.3, -0.25) is 0 Å². The number of ether oxygens (including phenoxy) is 1. The Kier molecular flexibility index (Phi) is 7.99. The van der Waals surface area contributed by atoms with Crippen LogP contribution in [-0.4, -0.2) is 19.0 Å². The van der Waals surface area contributed by atoms with Gasteiger partial charge in [0.25, 0.3) is 0 Å². The lowest BCUT2D eigenvalue weighted by Gasteiger charge is -2.40. The van der Waals surface area contributed by atoms with Crippen LogP contribution in [0.3, 0.4) is 0 Å². The monoisotopic (exact) mass is 406 g/mol. The van der Waals surface area contributed by atoms with Gasteiger partial charge in [0, 0.05) is 12.4 Å². The molecule has 2 aliphatic rings. The highest BCUT2D eigenvalue weighted by molar-refractivity contribution is 8.02. The van der Waals surface area contributed by atoms with E-state index in [1.807, 2.05) is 11.8 Å². The summed E-state index contributed by atoms with van der Waals surface area (Å²) in [5.74, 6) is 3.38. The molecule has 0 amide bonds. The van der Waals surface area contributed by atoms with Crippen LogP contribution in [0, 0.1) is 34.0 Å². The summed E-state index contributed by atoms with van der Waals surface area (Å²) >= 11 is 1.96. The first-order valence-corrected chi connectivity index (χ1v) is 12.5. The molecule has 0 saturated carbocycles. The topological polar surface area (TPSA) is 9.23 Å². The number of hydrogen-bond donors (Lipinski definition) is 0. The van der Waals surface area contributed by atoms with Crippen LogP contribution < -0.4 is 0 Å². The van der Waals surface area contributed by atoms with Gasteiger partial charge in [-0.2, -0.15) is 0 Å². The fraction of sp³-hybridized carbons (Fsp3) is 0.846. The van der Waals surface area contributed by atoms with Crippen molar-refractivity contribution in [2.75, 3.05) is 19.0 Å². The molecular weight excluding hydrogens is 360 g/mol. The zero-order valence-electron chi connectivity index (χ0n) is 20.2. The van der Waals surface area contributed by atoms with E-state index in [1.54, 1.807) is 11.1 Å². The minimum Gasteiger partial charge on any atom is -0.381 e. The summed E-state index contributed by atoms with van der Waals surface area (Å²) in [4.78, 5) is 0. The minimum absolute atomic E-state index is 0.228. The van der Waals surface area contributed by atoms with E-state index in [1.165, 1.54) is 25.7 Å². The standard InChI is InChI=1S/C26H46OS/c1-19(20-11-10-15-27-17-22(20)25(5,6)7)12-14-26(8,9)23-18-28-16-13-21(23)24(2,3)4/h13,16,19-20,22H,10-12,14-15,17-18H2,1-9H3. The van der Waals surface area contributed by atoms with Crippen LogP contribution in [0.25, 0.3) is 0 Å². The first kappa shape index (κ1) is 24.1. The molecule has 2 heterocycles. The molecule has 2 aliphatic heterocycles. The van der Waals surface area contributed by atoms with Gasteiger partial charge in [0.1, 0.15) is 0 Å². The lowest BCUT2D eigenvalue weighted by molar-refractivity contribution is 0.0319. The van der Waals surface area contributed by atoms with Gasteiger partial charge < -0.3 is 4.74 Å². The van der Waals surface area contributed by atoms with E-state index in [9.17, 15) is 0 Å². The van der Waals surface area contributed by atoms with Gasteiger partial charge >= 0.3 is 0 Å². The molecule has 3 atom stereocenters. The van der Waals surface area contributed by atoms with Crippen LogP contribution in [0.5, 0.6) is 0 Å². The van der Waals surface area contributed by atoms with Crippen molar-refractivity contribution in [2.45, 2.75) is 88.0 Å². The molecule has 162 valence electrons. The molecule has 0 spiro atoms. The van der Waals surface area contributed by atoms with Crippen LogP contribution in [-0.2, 0) is 4.74 Å². The lowest BCUT2D eigenvalue weighted by Crippen LogP contribution is -2.35. The molecule has 1 fully saturated rings. The number of hydrogen-bond acceptors (Lipinski definition) is 2. The molecule has 0 aromatic rings. The van der Waals surface area contributed by atoms with Crippen molar-refractivity contribution < 1.29 is 4.74 Å². The Morgan fingerprint density at radius 1 is 1.11 bits per heavy atom. The molecule has 0 aromatic heterocycles. The molecule has 3 unspecified atom stereocenters. The van der Waals surface area contributed by atoms with Crippen LogP contribution in [0.4, 0.5) is 0 Å². The normalized spacial score (nSPS) is 26.3. The minimum atomic E-state index is 0.228. The van der Waals surface area contributed by atoms with Crippen molar-refractivity contribution in [2.24, 2.45) is 34.0 Å². The quantitative estimate of drug-likeness (QED) is 0.456. The highest BCUT2D eigenvalue weighted by atomic mass is 32.2. The second-order valence-electron chi connectivity index (χ2n) is 12.0. The Hall–Kier alpha value is -0.210. The van der Waals surface area contributed by atoms with E-state index < -0.39 is 0 Å². The predicted octanol–water partition coefficient (Wildman–Crippen LogP) is 8.12. The summed E-state index contributed by atoms with van der Waals surface area (Å²) in [6.07, 6.45) is 7.54. The fourth-order valence-electron chi connectivity index (χ4n) is 5.17. The molecule has 1 saturated heterocycles. The Balaban J connectivity index is 2.14. The molecule has 1 nitrogen and oxygen atoms in total. The molecule has 2 heteroatoms. The zero-order chi connectivity index (χ0) is 21.2. The highest BCUT2D eigenvalue weighted by Crippen LogP contribution is 2.46. The van der Waals surface area contributed by atoms with Crippen molar-refractivity contribution in [1.29, 1.82) is 0 Å². The third-order valence-corrected chi connectivity index (χ3v) is 8.00. The summed E-state index contributed by atoms with van der Waals surface area (Å²) in [7, 11) is 0. The Morgan fingerprint density at radius 2 is 1.79 bits per heavy atom. The van der Waals surface area contributed by atoms with Gasteiger partial charge in [0.05, 0.1) is 6.61 Å². The van der Waals surface area contributed by atoms with Gasteiger partial charge in [-0.15, -0.1) is 11.8 Å². The molecule has 0 radical (unpaired) electrons. The summed E-state index contributed by atoms with van der Waals surface area (Å²) < 4.78 is 5.99. The van der Waals surface area contributed by atoms with Gasteiger partial charge in [-0.05, 0) is 70.7 Å². The molecule has 0 aromatic carbocycles. The average molecular weight is 407 g/mol. The maximum atomic E-state index is 5.99. The van der Waals surface area contributed by atoms with Crippen molar-refractivity contribution in [1.82, 2.24) is 0 Å². The van der Waals surface area contributed by atoms with E-state index in [4.69, 9.17) is 4.74 Å². The van der Waals surface area contributed by atoms with Crippen molar-refractivity contribution in [3.8, 4) is 0 Å². The average Bonchev–Trinajstić information content (AvgIpc) is 2.85. The van der Waals surface area contributed by atoms with Crippen LogP contribution in [0.2, 0.25) is 0 Å². The first-order valence-electron chi connectivity index (χ1n) is 11.4. The van der Waals surface area contributed by atoms with E-state index in [-0.39, 0.29) is 10.8 Å². The van der Waals surface area contributed by atoms with Crippen molar-refractivity contribution in [3.63, 3.8) is 0 Å². The Labute approximate surface area is 180 Å². The predicted molar refractivity (Wildman–Crippen MR) is 127 cm³/mol. The smallest absolute Gasteiger partial charge is 0.0502 e. The van der Waals surface area contributed by atoms with Crippen LogP contribution in [0.1, 0.15) is 88.0 Å². The van der Waals surface area contributed by atoms with Gasteiger partial charge in [0.15, 0.2) is 0 Å². The lowest BCUT2D eigenvalue weighted by atomic mass is 9.66. The maximum Gasteiger partial charge on any atom is 0.0502 e. The van der Waals surface area contributed by atoms with Crippen molar-refractivity contribution in [3.05, 3.63) is 22.6 Å². The van der Waals surface area contributed by atoms with Gasteiger partial charge in [-0.25, -0.2) is 0 Å². The zero-order valence-corrected chi connectivity index (χ0v) is 21.0. The molecule has 0 bridgehead atoms. The highest BCUT2D eigenvalue weighted by Gasteiger charge is 2.37. The van der Waals surface area contributed by atoms with Crippen LogP contribution in [0.15, 0.2) is 22.6 Å². The summed E-state index contributed by atoms with van der Waals surface area (Å²) in [6.45, 7) is 23.7. The van der Waals surface area contributed by atoms with E-state index in [0.717, 1.165) is 30.8 Å². The summed E-state index contributed by atoms with van der Waals surface area (Å²) in [5.41, 5.74) is 4.07. The molecule has 2 rings (SSSR count). The Morgan fingerprint density at radius 3 is 2.39 bits per heavy atom. The maximum absolute atomic E-state index is 5.99. The second-order valence-corrected chi connectivity index (χ2v) is 12.9. The van der Waals surface area contributed by atoms with Gasteiger partial charge in [-0.1, -0.05) is 74.0 Å². The number of rotatable bonds is 5. The largest absolute Gasteiger partial charge is 0.381 e. The molecule has 0 N–H and O–H groups in total. The Bertz CT molecular complexity index is 570. The first-order chi connectivity index (χ1) is 12.8. The van der Waals surface area contributed by atoms with E-state index in [2.05, 4.69) is 73.8 Å². The number of thioether (sulfide) groups is 1. The van der Waals surface area contributed by atoms with E-state index >= 15 is 0 Å². The molecule has 0 aliphatic carbocycles. The van der Waals surface area contributed by atoms with E-state index in [0.29, 0.717) is 11.3 Å². The van der Waals surface area contributed by atoms with Crippen molar-refractivity contribution >= 4 is 11.8 Å². The molecular formula is C26H46OS. The van der Waals surface area contributed by atoms with Gasteiger partial charge in [0.2, 0.25) is 0 Å². The number of allylic oxidation sites excluding steroid dienone is 2. The summed E-state index contributed by atoms with van der Waals surface area (Å²) in [5, 5.41) is 2.29.